The lowest BCUT2D eigenvalue weighted by Gasteiger charge is -2.31. The molecule has 0 bridgehead atoms. The van der Waals surface area contributed by atoms with E-state index in [1.54, 1.807) is 0 Å². The maximum Gasteiger partial charge on any atom is 0.161 e. The third-order valence-corrected chi connectivity index (χ3v) is 4.13. The lowest BCUT2D eigenvalue weighted by atomic mass is 10.0. The van der Waals surface area contributed by atoms with E-state index < -0.39 is 0 Å². The largest absolute Gasteiger partial charge is 0.473 e. The average Bonchev–Trinajstić information content (AvgIpc) is 2.54. The Hall–Kier alpha value is -2.19. The van der Waals surface area contributed by atoms with Gasteiger partial charge in [0.2, 0.25) is 0 Å². The number of fused-ring (bicyclic) bond motifs is 3. The molecule has 0 atom stereocenters. The molecule has 0 fully saturated rings. The summed E-state index contributed by atoms with van der Waals surface area (Å²) in [5, 5.41) is 3.24. The van der Waals surface area contributed by atoms with E-state index in [1.165, 1.54) is 16.3 Å². The monoisotopic (exact) mass is 295 g/mol. The van der Waals surface area contributed by atoms with Crippen LogP contribution in [0.1, 0.15) is 5.56 Å². The van der Waals surface area contributed by atoms with Crippen LogP contribution in [-0.2, 0) is 6.54 Å². The van der Waals surface area contributed by atoms with Gasteiger partial charge in [-0.2, -0.15) is 0 Å². The molecule has 1 aliphatic rings. The van der Waals surface area contributed by atoms with Crippen molar-refractivity contribution in [3.8, 4) is 5.75 Å². The first-order valence-corrected chi connectivity index (χ1v) is 7.33. The number of halogens is 1. The Morgan fingerprint density at radius 2 is 1.86 bits per heavy atom. The summed E-state index contributed by atoms with van der Waals surface area (Å²) in [5.74, 6) is 0.979. The Morgan fingerprint density at radius 3 is 2.76 bits per heavy atom. The van der Waals surface area contributed by atoms with E-state index in [0.29, 0.717) is 6.73 Å². The topological polar surface area (TPSA) is 12.5 Å². The van der Waals surface area contributed by atoms with Crippen LogP contribution < -0.4 is 9.64 Å². The van der Waals surface area contributed by atoms with Crippen LogP contribution in [0, 0.1) is 0 Å². The molecule has 3 aromatic rings. The van der Waals surface area contributed by atoms with Gasteiger partial charge in [0.1, 0.15) is 5.75 Å². The number of hydrogen-bond donors (Lipinski definition) is 0. The lowest BCUT2D eigenvalue weighted by Crippen LogP contribution is -2.31. The molecular weight excluding hydrogens is 282 g/mol. The molecule has 0 spiro atoms. The van der Waals surface area contributed by atoms with Crippen LogP contribution in [0.15, 0.2) is 60.7 Å². The first kappa shape index (κ1) is 12.5. The molecule has 0 radical (unpaired) electrons. The summed E-state index contributed by atoms with van der Waals surface area (Å²) in [4.78, 5) is 2.20. The highest BCUT2D eigenvalue weighted by Gasteiger charge is 2.19. The van der Waals surface area contributed by atoms with Crippen LogP contribution in [0.4, 0.5) is 5.69 Å². The van der Waals surface area contributed by atoms with Gasteiger partial charge in [-0.05, 0) is 35.0 Å². The zero-order chi connectivity index (χ0) is 14.2. The van der Waals surface area contributed by atoms with Crippen molar-refractivity contribution in [2.45, 2.75) is 6.54 Å². The third kappa shape index (κ3) is 2.22. The molecule has 0 saturated heterocycles. The molecule has 0 N–H and O–H groups in total. The first-order chi connectivity index (χ1) is 10.3. The van der Waals surface area contributed by atoms with Crippen molar-refractivity contribution >= 4 is 28.1 Å². The summed E-state index contributed by atoms with van der Waals surface area (Å²) in [5.41, 5.74) is 2.32. The molecule has 0 aromatic heterocycles. The van der Waals surface area contributed by atoms with Gasteiger partial charge in [-0.25, -0.2) is 0 Å². The SMILES string of the molecule is Clc1cccc(N2COc3ccc4ccccc4c3C2)c1. The predicted molar refractivity (Wildman–Crippen MR) is 87.1 cm³/mol. The molecule has 2 nitrogen and oxygen atoms in total. The van der Waals surface area contributed by atoms with Crippen LogP contribution in [0.25, 0.3) is 10.8 Å². The van der Waals surface area contributed by atoms with Crippen molar-refractivity contribution in [2.24, 2.45) is 0 Å². The first-order valence-electron chi connectivity index (χ1n) is 6.95. The van der Waals surface area contributed by atoms with Crippen molar-refractivity contribution in [3.05, 3.63) is 71.2 Å². The van der Waals surface area contributed by atoms with E-state index in [2.05, 4.69) is 47.4 Å². The molecule has 4 rings (SSSR count). The number of ether oxygens (including phenoxy) is 1. The molecule has 3 aromatic carbocycles. The highest BCUT2D eigenvalue weighted by Crippen LogP contribution is 2.34. The van der Waals surface area contributed by atoms with Crippen LogP contribution >= 0.6 is 11.6 Å². The van der Waals surface area contributed by atoms with E-state index in [0.717, 1.165) is 23.0 Å². The molecule has 0 unspecified atom stereocenters. The van der Waals surface area contributed by atoms with Gasteiger partial charge in [0, 0.05) is 16.3 Å². The molecular formula is C18H14ClNO. The Kier molecular flexibility index (Phi) is 2.97. The molecule has 3 heteroatoms. The lowest BCUT2D eigenvalue weighted by molar-refractivity contribution is 0.290. The van der Waals surface area contributed by atoms with Gasteiger partial charge in [-0.1, -0.05) is 48.0 Å². The van der Waals surface area contributed by atoms with E-state index in [4.69, 9.17) is 16.3 Å². The molecule has 1 heterocycles. The maximum atomic E-state index is 6.09. The zero-order valence-electron chi connectivity index (χ0n) is 11.4. The smallest absolute Gasteiger partial charge is 0.161 e. The van der Waals surface area contributed by atoms with Crippen LogP contribution in [0.5, 0.6) is 5.75 Å². The number of benzene rings is 3. The Bertz CT molecular complexity index is 815. The highest BCUT2D eigenvalue weighted by atomic mass is 35.5. The van der Waals surface area contributed by atoms with Crippen molar-refractivity contribution in [3.63, 3.8) is 0 Å². The number of hydrogen-bond acceptors (Lipinski definition) is 2. The van der Waals surface area contributed by atoms with E-state index in [9.17, 15) is 0 Å². The standard InChI is InChI=1S/C18H14ClNO/c19-14-5-3-6-15(10-14)20-11-17-16-7-2-1-4-13(16)8-9-18(17)21-12-20/h1-10H,11-12H2. The van der Waals surface area contributed by atoms with Crippen LogP contribution in [0.3, 0.4) is 0 Å². The summed E-state index contributed by atoms with van der Waals surface area (Å²) in [6.45, 7) is 1.38. The second kappa shape index (κ2) is 4.97. The molecule has 21 heavy (non-hydrogen) atoms. The Balaban J connectivity index is 1.78. The molecule has 0 saturated carbocycles. The van der Waals surface area contributed by atoms with E-state index in [-0.39, 0.29) is 0 Å². The van der Waals surface area contributed by atoms with E-state index >= 15 is 0 Å². The van der Waals surface area contributed by atoms with Gasteiger partial charge in [0.15, 0.2) is 6.73 Å². The fourth-order valence-corrected chi connectivity index (χ4v) is 3.02. The fourth-order valence-electron chi connectivity index (χ4n) is 2.84. The third-order valence-electron chi connectivity index (χ3n) is 3.90. The second-order valence-corrected chi connectivity index (χ2v) is 5.65. The minimum atomic E-state index is 0.547. The molecule has 0 amide bonds. The summed E-state index contributed by atoms with van der Waals surface area (Å²) in [6, 6.07) is 20.5. The van der Waals surface area contributed by atoms with Gasteiger partial charge < -0.3 is 9.64 Å². The summed E-state index contributed by atoms with van der Waals surface area (Å²) >= 11 is 6.09. The molecule has 1 aliphatic heterocycles. The van der Waals surface area contributed by atoms with Crippen molar-refractivity contribution in [1.29, 1.82) is 0 Å². The summed E-state index contributed by atoms with van der Waals surface area (Å²) in [7, 11) is 0. The summed E-state index contributed by atoms with van der Waals surface area (Å²) < 4.78 is 5.92. The van der Waals surface area contributed by atoms with Crippen molar-refractivity contribution in [2.75, 3.05) is 11.6 Å². The zero-order valence-corrected chi connectivity index (χ0v) is 12.2. The fraction of sp³-hybridized carbons (Fsp3) is 0.111. The molecule has 104 valence electrons. The predicted octanol–water partition coefficient (Wildman–Crippen LogP) is 4.85. The summed E-state index contributed by atoms with van der Waals surface area (Å²) in [6.07, 6.45) is 0. The maximum absolute atomic E-state index is 6.09. The Morgan fingerprint density at radius 1 is 0.952 bits per heavy atom. The highest BCUT2D eigenvalue weighted by molar-refractivity contribution is 6.30. The minimum absolute atomic E-state index is 0.547. The van der Waals surface area contributed by atoms with Crippen LogP contribution in [0.2, 0.25) is 5.02 Å². The number of rotatable bonds is 1. The second-order valence-electron chi connectivity index (χ2n) is 5.21. The van der Waals surface area contributed by atoms with Gasteiger partial charge in [0.25, 0.3) is 0 Å². The minimum Gasteiger partial charge on any atom is -0.473 e. The van der Waals surface area contributed by atoms with E-state index in [1.807, 2.05) is 18.2 Å². The quantitative estimate of drug-likeness (QED) is 0.636. The average molecular weight is 296 g/mol. The number of anilines is 1. The van der Waals surface area contributed by atoms with Gasteiger partial charge in [-0.3, -0.25) is 0 Å². The Labute approximate surface area is 128 Å². The van der Waals surface area contributed by atoms with Gasteiger partial charge in [-0.15, -0.1) is 0 Å². The normalized spacial score (nSPS) is 13.9. The van der Waals surface area contributed by atoms with Gasteiger partial charge in [0.05, 0.1) is 6.54 Å². The molecule has 0 aliphatic carbocycles. The van der Waals surface area contributed by atoms with Crippen molar-refractivity contribution in [1.82, 2.24) is 0 Å². The van der Waals surface area contributed by atoms with Crippen molar-refractivity contribution < 1.29 is 4.74 Å². The number of nitrogens with zero attached hydrogens (tertiary/aromatic N) is 1. The van der Waals surface area contributed by atoms with Gasteiger partial charge >= 0.3 is 0 Å². The van der Waals surface area contributed by atoms with Crippen LogP contribution in [-0.4, -0.2) is 6.73 Å².